The highest BCUT2D eigenvalue weighted by molar-refractivity contribution is 5.95. The maximum Gasteiger partial charge on any atom is 0.270 e. The number of nitro benzene ring substituents is 1. The third-order valence-corrected chi connectivity index (χ3v) is 3.86. The Balaban J connectivity index is 2.43. The molecule has 0 unspecified atom stereocenters. The van der Waals surface area contributed by atoms with E-state index in [4.69, 9.17) is 10.5 Å². The molecule has 0 saturated carbocycles. The van der Waals surface area contributed by atoms with Gasteiger partial charge in [-0.1, -0.05) is 12.1 Å². The summed E-state index contributed by atoms with van der Waals surface area (Å²) in [4.78, 5) is 22.2. The van der Waals surface area contributed by atoms with Gasteiger partial charge in [0.2, 0.25) is 0 Å². The molecule has 0 aliphatic heterocycles. The molecule has 7 nitrogen and oxygen atoms in total. The number of carbonyl (C=O) groups excluding carboxylic acids is 1. The zero-order chi connectivity index (χ0) is 17.7. The first-order valence-corrected chi connectivity index (χ1v) is 7.78. The van der Waals surface area contributed by atoms with Gasteiger partial charge in [-0.2, -0.15) is 0 Å². The summed E-state index contributed by atoms with van der Waals surface area (Å²) in [6.07, 6.45) is 0.767. The third kappa shape index (κ3) is 3.80. The SMILES string of the molecule is CCOCCCn1c(-c2cccc([N+](=O)[O-])c2)cc(C(N)=O)c1C. The molecule has 0 spiro atoms. The van der Waals surface area contributed by atoms with Gasteiger partial charge in [0.1, 0.15) is 0 Å². The molecule has 0 saturated heterocycles. The van der Waals surface area contributed by atoms with Crippen molar-refractivity contribution in [2.45, 2.75) is 26.8 Å². The van der Waals surface area contributed by atoms with Crippen molar-refractivity contribution in [2.24, 2.45) is 5.73 Å². The average molecular weight is 331 g/mol. The minimum Gasteiger partial charge on any atom is -0.382 e. The van der Waals surface area contributed by atoms with Gasteiger partial charge in [0.25, 0.3) is 11.6 Å². The molecule has 128 valence electrons. The van der Waals surface area contributed by atoms with Crippen molar-refractivity contribution in [3.8, 4) is 11.3 Å². The van der Waals surface area contributed by atoms with Crippen molar-refractivity contribution in [1.82, 2.24) is 4.57 Å². The maximum atomic E-state index is 11.6. The molecular formula is C17H21N3O4. The lowest BCUT2D eigenvalue weighted by atomic mass is 10.1. The summed E-state index contributed by atoms with van der Waals surface area (Å²) in [5, 5.41) is 11.0. The second kappa shape index (κ2) is 7.74. The van der Waals surface area contributed by atoms with E-state index in [-0.39, 0.29) is 5.69 Å². The van der Waals surface area contributed by atoms with Crippen LogP contribution in [0.15, 0.2) is 30.3 Å². The summed E-state index contributed by atoms with van der Waals surface area (Å²) in [6.45, 7) is 5.64. The van der Waals surface area contributed by atoms with Crippen LogP contribution in [0.2, 0.25) is 0 Å². The number of ether oxygens (including phenoxy) is 1. The number of primary amides is 1. The van der Waals surface area contributed by atoms with Crippen LogP contribution in [0.3, 0.4) is 0 Å². The average Bonchev–Trinajstić information content (AvgIpc) is 2.89. The van der Waals surface area contributed by atoms with Crippen LogP contribution in [0.4, 0.5) is 5.69 Å². The number of nitrogens with zero attached hydrogens (tertiary/aromatic N) is 2. The Bertz CT molecular complexity index is 752. The molecule has 1 amide bonds. The van der Waals surface area contributed by atoms with Crippen LogP contribution in [0.1, 0.15) is 29.4 Å². The molecule has 1 aromatic heterocycles. The molecule has 0 fully saturated rings. The Kier molecular flexibility index (Phi) is 5.70. The first-order chi connectivity index (χ1) is 11.5. The molecule has 2 aromatic rings. The van der Waals surface area contributed by atoms with Gasteiger partial charge in [0, 0.05) is 48.8 Å². The number of amides is 1. The first-order valence-electron chi connectivity index (χ1n) is 7.78. The zero-order valence-corrected chi connectivity index (χ0v) is 13.8. The van der Waals surface area contributed by atoms with E-state index in [2.05, 4.69) is 0 Å². The van der Waals surface area contributed by atoms with Crippen LogP contribution < -0.4 is 5.73 Å². The lowest BCUT2D eigenvalue weighted by Gasteiger charge is -2.12. The second-order valence-corrected chi connectivity index (χ2v) is 5.40. The lowest BCUT2D eigenvalue weighted by molar-refractivity contribution is -0.384. The fourth-order valence-electron chi connectivity index (χ4n) is 2.67. The number of hydrogen-bond donors (Lipinski definition) is 1. The van der Waals surface area contributed by atoms with Crippen LogP contribution >= 0.6 is 0 Å². The Morgan fingerprint density at radius 1 is 1.38 bits per heavy atom. The molecule has 0 bridgehead atoms. The second-order valence-electron chi connectivity index (χ2n) is 5.40. The van der Waals surface area contributed by atoms with Crippen molar-refractivity contribution in [1.29, 1.82) is 0 Å². The molecular weight excluding hydrogens is 310 g/mol. The van der Waals surface area contributed by atoms with Crippen LogP contribution in [-0.2, 0) is 11.3 Å². The molecule has 7 heteroatoms. The largest absolute Gasteiger partial charge is 0.382 e. The molecule has 24 heavy (non-hydrogen) atoms. The zero-order valence-electron chi connectivity index (χ0n) is 13.8. The van der Waals surface area contributed by atoms with Gasteiger partial charge in [-0.25, -0.2) is 0 Å². The molecule has 1 aromatic carbocycles. The molecule has 0 aliphatic carbocycles. The monoisotopic (exact) mass is 331 g/mol. The van der Waals surface area contributed by atoms with E-state index in [9.17, 15) is 14.9 Å². The number of non-ortho nitro benzene ring substituents is 1. The van der Waals surface area contributed by atoms with Crippen molar-refractivity contribution >= 4 is 11.6 Å². The van der Waals surface area contributed by atoms with Gasteiger partial charge in [-0.15, -0.1) is 0 Å². The Hall–Kier alpha value is -2.67. The van der Waals surface area contributed by atoms with E-state index in [0.29, 0.717) is 30.9 Å². The van der Waals surface area contributed by atoms with Crippen LogP contribution in [0.25, 0.3) is 11.3 Å². The van der Waals surface area contributed by atoms with Gasteiger partial charge in [0.05, 0.1) is 10.5 Å². The summed E-state index contributed by atoms with van der Waals surface area (Å²) in [7, 11) is 0. The number of nitrogens with two attached hydrogens (primary N) is 1. The maximum absolute atomic E-state index is 11.6. The highest BCUT2D eigenvalue weighted by atomic mass is 16.6. The predicted molar refractivity (Wildman–Crippen MR) is 90.9 cm³/mol. The van der Waals surface area contributed by atoms with E-state index >= 15 is 0 Å². The molecule has 2 rings (SSSR count). The fraction of sp³-hybridized carbons (Fsp3) is 0.353. The van der Waals surface area contributed by atoms with Crippen molar-refractivity contribution in [3.05, 3.63) is 51.7 Å². The molecule has 0 radical (unpaired) electrons. The highest BCUT2D eigenvalue weighted by Gasteiger charge is 2.18. The first kappa shape index (κ1) is 17.7. The van der Waals surface area contributed by atoms with E-state index < -0.39 is 10.8 Å². The molecule has 0 atom stereocenters. The number of aromatic nitrogens is 1. The van der Waals surface area contributed by atoms with Gasteiger partial charge < -0.3 is 15.0 Å². The molecule has 2 N–H and O–H groups in total. The van der Waals surface area contributed by atoms with Gasteiger partial charge >= 0.3 is 0 Å². The van der Waals surface area contributed by atoms with Gasteiger partial charge in [-0.3, -0.25) is 14.9 Å². The third-order valence-electron chi connectivity index (χ3n) is 3.86. The minimum atomic E-state index is -0.511. The van der Waals surface area contributed by atoms with E-state index in [1.807, 2.05) is 18.4 Å². The number of benzene rings is 1. The van der Waals surface area contributed by atoms with Crippen LogP contribution in [-0.4, -0.2) is 28.6 Å². The summed E-state index contributed by atoms with van der Waals surface area (Å²) in [5.41, 5.74) is 8.04. The van der Waals surface area contributed by atoms with Crippen molar-refractivity contribution in [2.75, 3.05) is 13.2 Å². The standard InChI is InChI=1S/C17H21N3O4/c1-3-24-9-5-8-19-12(2)15(17(18)21)11-16(19)13-6-4-7-14(10-13)20(22)23/h4,6-7,10-11H,3,5,8-9H2,1-2H3,(H2,18,21). The van der Waals surface area contributed by atoms with Gasteiger partial charge in [-0.05, 0) is 26.3 Å². The Morgan fingerprint density at radius 2 is 2.12 bits per heavy atom. The van der Waals surface area contributed by atoms with Crippen molar-refractivity contribution in [3.63, 3.8) is 0 Å². The summed E-state index contributed by atoms with van der Waals surface area (Å²) >= 11 is 0. The Labute approximate surface area is 140 Å². The normalized spacial score (nSPS) is 10.8. The van der Waals surface area contributed by atoms with Crippen molar-refractivity contribution < 1.29 is 14.5 Å². The van der Waals surface area contributed by atoms with Crippen LogP contribution in [0.5, 0.6) is 0 Å². The van der Waals surface area contributed by atoms with E-state index in [1.54, 1.807) is 18.2 Å². The number of hydrogen-bond acceptors (Lipinski definition) is 4. The van der Waals surface area contributed by atoms with Crippen LogP contribution in [0, 0.1) is 17.0 Å². The molecule has 1 heterocycles. The van der Waals surface area contributed by atoms with E-state index in [1.165, 1.54) is 12.1 Å². The Morgan fingerprint density at radius 3 is 2.75 bits per heavy atom. The fourth-order valence-corrected chi connectivity index (χ4v) is 2.67. The topological polar surface area (TPSA) is 100 Å². The lowest BCUT2D eigenvalue weighted by Crippen LogP contribution is -2.13. The number of carbonyl (C=O) groups is 1. The molecule has 0 aliphatic rings. The summed E-state index contributed by atoms with van der Waals surface area (Å²) in [6, 6.07) is 8.04. The van der Waals surface area contributed by atoms with E-state index in [0.717, 1.165) is 17.8 Å². The summed E-state index contributed by atoms with van der Waals surface area (Å²) in [5.74, 6) is -0.511. The minimum absolute atomic E-state index is 0.00726. The summed E-state index contributed by atoms with van der Waals surface area (Å²) < 4.78 is 7.31. The number of nitro groups is 1. The van der Waals surface area contributed by atoms with Gasteiger partial charge in [0.15, 0.2) is 0 Å². The predicted octanol–water partition coefficient (Wildman–Crippen LogP) is 2.90. The highest BCUT2D eigenvalue weighted by Crippen LogP contribution is 2.28. The smallest absolute Gasteiger partial charge is 0.270 e. The number of rotatable bonds is 8. The quantitative estimate of drug-likeness (QED) is 0.456.